The van der Waals surface area contributed by atoms with E-state index >= 15 is 0 Å². The quantitative estimate of drug-likeness (QED) is 0.302. The monoisotopic (exact) mass is 604 g/mol. The number of carboxylic acids is 1. The number of ether oxygens (including phenoxy) is 3. The number of fused-ring (bicyclic) bond motifs is 6. The second-order valence-corrected chi connectivity index (χ2v) is 13.5. The van der Waals surface area contributed by atoms with Gasteiger partial charge in [0, 0.05) is 28.4 Å². The van der Waals surface area contributed by atoms with Gasteiger partial charge in [-0.1, -0.05) is 32.1 Å². The van der Waals surface area contributed by atoms with Crippen LogP contribution in [-0.4, -0.2) is 62.0 Å². The molecule has 3 N–H and O–H groups in total. The maximum atomic E-state index is 13.9. The normalized spacial score (nSPS) is 32.3. The largest absolute Gasteiger partial charge is 0.491 e. The molecule has 44 heavy (non-hydrogen) atoms. The highest BCUT2D eigenvalue weighted by atomic mass is 16.5. The number of hydrogen-bond donors (Lipinski definition) is 3. The van der Waals surface area contributed by atoms with Crippen molar-refractivity contribution in [2.45, 2.75) is 58.4 Å². The second-order valence-electron chi connectivity index (χ2n) is 13.5. The lowest BCUT2D eigenvalue weighted by Crippen LogP contribution is -2.59. The van der Waals surface area contributed by atoms with Crippen LogP contribution < -0.4 is 15.4 Å². The second kappa shape index (κ2) is 12.5. The van der Waals surface area contributed by atoms with Crippen molar-refractivity contribution < 1.29 is 33.7 Å². The fourth-order valence-corrected chi connectivity index (χ4v) is 9.04. The van der Waals surface area contributed by atoms with Gasteiger partial charge in [0.15, 0.2) is 0 Å². The summed E-state index contributed by atoms with van der Waals surface area (Å²) in [5, 5.41) is 17.1. The molecule has 3 aliphatic carbocycles. The molecule has 6 rings (SSSR count). The summed E-state index contributed by atoms with van der Waals surface area (Å²) in [6, 6.07) is 12.0. The Kier molecular flexibility index (Phi) is 8.70. The topological polar surface area (TPSA) is 123 Å². The van der Waals surface area contributed by atoms with Gasteiger partial charge in [0.2, 0.25) is 11.8 Å². The van der Waals surface area contributed by atoms with Crippen molar-refractivity contribution in [3.05, 3.63) is 48.6 Å². The summed E-state index contributed by atoms with van der Waals surface area (Å²) in [5.41, 5.74) is 0.794. The van der Waals surface area contributed by atoms with Crippen LogP contribution in [0.15, 0.2) is 48.6 Å². The van der Waals surface area contributed by atoms with Crippen LogP contribution in [0.3, 0.4) is 0 Å². The molecule has 9 nitrogen and oxygen atoms in total. The zero-order valence-electron chi connectivity index (χ0n) is 25.7. The summed E-state index contributed by atoms with van der Waals surface area (Å²) >= 11 is 0. The molecular weight excluding hydrogens is 560 g/mol. The molecule has 0 unspecified atom stereocenters. The third-order valence-corrected chi connectivity index (χ3v) is 11.2. The van der Waals surface area contributed by atoms with E-state index in [1.165, 1.54) is 0 Å². The molecule has 9 heteroatoms. The molecule has 0 spiro atoms. The van der Waals surface area contributed by atoms with Crippen molar-refractivity contribution in [2.75, 3.05) is 38.4 Å². The average molecular weight is 605 g/mol. The number of benzene rings is 2. The number of carbonyl (C=O) groups is 3. The summed E-state index contributed by atoms with van der Waals surface area (Å²) in [6.45, 7) is 5.60. The number of carbonyl (C=O) groups excluding carboxylic acids is 2. The lowest BCUT2D eigenvalue weighted by Gasteiger charge is -2.58. The average Bonchev–Trinajstić information content (AvgIpc) is 3.36. The van der Waals surface area contributed by atoms with Gasteiger partial charge in [-0.15, -0.1) is 0 Å². The van der Waals surface area contributed by atoms with E-state index in [4.69, 9.17) is 19.3 Å². The van der Waals surface area contributed by atoms with Gasteiger partial charge in [0.1, 0.15) is 19.0 Å². The minimum absolute atomic E-state index is 0.00463. The van der Waals surface area contributed by atoms with Gasteiger partial charge in [0.25, 0.3) is 0 Å². The number of rotatable bonds is 11. The van der Waals surface area contributed by atoms with Crippen LogP contribution in [0.1, 0.15) is 52.4 Å². The maximum absolute atomic E-state index is 13.9. The molecule has 0 radical (unpaired) electrons. The number of nitrogens with one attached hydrogen (secondary N) is 2. The first-order valence-corrected chi connectivity index (χ1v) is 16.0. The van der Waals surface area contributed by atoms with E-state index in [0.717, 1.165) is 55.0 Å². The van der Waals surface area contributed by atoms with E-state index in [1.54, 1.807) is 6.08 Å². The van der Waals surface area contributed by atoms with Gasteiger partial charge in [0.05, 0.1) is 19.8 Å². The first-order valence-electron chi connectivity index (χ1n) is 16.0. The molecule has 2 aromatic carbocycles. The van der Waals surface area contributed by atoms with E-state index < -0.39 is 5.97 Å². The Hall–Kier alpha value is -3.43. The van der Waals surface area contributed by atoms with Crippen LogP contribution in [0.2, 0.25) is 0 Å². The van der Waals surface area contributed by atoms with Crippen LogP contribution >= 0.6 is 0 Å². The Morgan fingerprint density at radius 3 is 2.64 bits per heavy atom. The van der Waals surface area contributed by atoms with Crippen LogP contribution in [0.5, 0.6) is 5.75 Å². The van der Waals surface area contributed by atoms with Crippen LogP contribution in [0.25, 0.3) is 10.8 Å². The van der Waals surface area contributed by atoms with Gasteiger partial charge in [-0.2, -0.15) is 0 Å². The lowest BCUT2D eigenvalue weighted by molar-refractivity contribution is -0.142. The predicted octanol–water partition coefficient (Wildman–Crippen LogP) is 5.19. The zero-order chi connectivity index (χ0) is 30.9. The summed E-state index contributed by atoms with van der Waals surface area (Å²) in [7, 11) is 0. The number of carboxylic acid groups (broad SMARTS) is 1. The summed E-state index contributed by atoms with van der Waals surface area (Å²) < 4.78 is 16.2. The maximum Gasteiger partial charge on any atom is 0.329 e. The molecule has 1 heterocycles. The van der Waals surface area contributed by atoms with Gasteiger partial charge < -0.3 is 30.0 Å². The van der Waals surface area contributed by atoms with E-state index in [1.807, 2.05) is 36.4 Å². The van der Waals surface area contributed by atoms with Crippen molar-refractivity contribution in [1.82, 2.24) is 5.32 Å². The molecule has 1 aliphatic heterocycles. The molecular formula is C35H44N2O7. The molecule has 7 atom stereocenters. The van der Waals surface area contributed by atoms with Crippen LogP contribution in [0.4, 0.5) is 5.69 Å². The predicted molar refractivity (Wildman–Crippen MR) is 166 cm³/mol. The van der Waals surface area contributed by atoms with Crippen LogP contribution in [0, 0.1) is 34.5 Å². The smallest absolute Gasteiger partial charge is 0.329 e. The van der Waals surface area contributed by atoms with E-state index in [2.05, 4.69) is 30.6 Å². The highest BCUT2D eigenvalue weighted by Crippen LogP contribution is 2.65. The fraction of sp³-hybridized carbons (Fsp3) is 0.571. The van der Waals surface area contributed by atoms with Gasteiger partial charge >= 0.3 is 5.97 Å². The zero-order valence-corrected chi connectivity index (χ0v) is 25.7. The SMILES string of the molecule is C[C@]12C=CC(=O)N[C@@H]1CC[C@@H]1[C@@H]2CC[C@]2(C)[C@@H](C(=O)Nc3cccc4cc(OCCOCCOCC(=O)O)ccc34)CC[C@@H]12. The number of amides is 2. The third-order valence-electron chi connectivity index (χ3n) is 11.2. The number of hydrogen-bond acceptors (Lipinski definition) is 6. The molecule has 0 saturated heterocycles. The molecule has 2 aromatic rings. The van der Waals surface area contributed by atoms with Crippen molar-refractivity contribution in [2.24, 2.45) is 34.5 Å². The Morgan fingerprint density at radius 2 is 1.80 bits per heavy atom. The van der Waals surface area contributed by atoms with Crippen molar-refractivity contribution >= 4 is 34.2 Å². The van der Waals surface area contributed by atoms with Gasteiger partial charge in [-0.25, -0.2) is 4.79 Å². The molecule has 0 bridgehead atoms. The minimum atomic E-state index is -1.00. The Labute approximate surface area is 258 Å². The molecule has 3 fully saturated rings. The molecule has 3 saturated carbocycles. The van der Waals surface area contributed by atoms with Crippen LogP contribution in [-0.2, 0) is 23.9 Å². The standard InChI is InChI=1S/C35H44N2O7/c1-34-14-12-27-25(8-11-30-35(27,2)15-13-31(38)37-30)26(34)9-10-28(34)33(41)36-29-5-3-4-22-20-23(6-7-24(22)29)44-19-18-42-16-17-43-21-32(39)40/h3-7,13,15,20,25-28,30H,8-12,14,16-19,21H2,1-2H3,(H,36,41)(H,37,38)(H,39,40)/t25-,26-,27-,28+,30+,34-,35+/m0/s1. The summed E-state index contributed by atoms with van der Waals surface area (Å²) in [4.78, 5) is 36.4. The number of aliphatic carboxylic acids is 1. The fourth-order valence-electron chi connectivity index (χ4n) is 9.04. The number of anilines is 1. The lowest BCUT2D eigenvalue weighted by atomic mass is 9.48. The van der Waals surface area contributed by atoms with E-state index in [0.29, 0.717) is 43.3 Å². The van der Waals surface area contributed by atoms with Gasteiger partial charge in [-0.3, -0.25) is 9.59 Å². The highest BCUT2D eigenvalue weighted by Gasteiger charge is 2.60. The van der Waals surface area contributed by atoms with Crippen molar-refractivity contribution in [3.63, 3.8) is 0 Å². The molecule has 0 aromatic heterocycles. The summed E-state index contributed by atoms with van der Waals surface area (Å²) in [5.74, 6) is 1.49. The summed E-state index contributed by atoms with van der Waals surface area (Å²) in [6.07, 6.45) is 10.2. The van der Waals surface area contributed by atoms with Crippen molar-refractivity contribution in [1.29, 1.82) is 0 Å². The first kappa shape index (κ1) is 30.6. The minimum Gasteiger partial charge on any atom is -0.491 e. The molecule has 236 valence electrons. The van der Waals surface area contributed by atoms with Gasteiger partial charge in [-0.05, 0) is 97.4 Å². The van der Waals surface area contributed by atoms with E-state index in [-0.39, 0.29) is 47.8 Å². The Morgan fingerprint density at radius 1 is 0.977 bits per heavy atom. The first-order chi connectivity index (χ1) is 21.2. The molecule has 2 amide bonds. The van der Waals surface area contributed by atoms with Crippen molar-refractivity contribution in [3.8, 4) is 5.75 Å². The Balaban J connectivity index is 1.07. The third kappa shape index (κ3) is 5.84. The molecule has 4 aliphatic rings. The van der Waals surface area contributed by atoms with E-state index in [9.17, 15) is 14.4 Å². The highest BCUT2D eigenvalue weighted by molar-refractivity contribution is 6.03. The Bertz CT molecular complexity index is 1440.